The number of piperidine rings is 1. The average molecular weight is 419 g/mol. The molecule has 1 aliphatic heterocycles. The van der Waals surface area contributed by atoms with Crippen LogP contribution in [0.1, 0.15) is 36.0 Å². The van der Waals surface area contributed by atoms with Crippen molar-refractivity contribution in [3.63, 3.8) is 0 Å². The number of aromatic nitrogens is 3. The molecule has 0 saturated carbocycles. The van der Waals surface area contributed by atoms with Crippen molar-refractivity contribution in [2.75, 3.05) is 28.6 Å². The zero-order chi connectivity index (χ0) is 21.0. The number of fused-ring (bicyclic) bond motifs is 1. The molecule has 1 aromatic heterocycles. The molecule has 1 aliphatic carbocycles. The highest BCUT2D eigenvalue weighted by Crippen LogP contribution is 2.25. The minimum Gasteiger partial charge on any atom is -0.351 e. The number of benzene rings is 2. The molecule has 0 spiro atoms. The number of hydrogen-bond acceptors (Lipinski definition) is 6. The number of anilines is 3. The lowest BCUT2D eigenvalue weighted by atomic mass is 10.1. The van der Waals surface area contributed by atoms with E-state index in [1.54, 1.807) is 12.1 Å². The molecule has 0 amide bonds. The maximum absolute atomic E-state index is 14.0. The smallest absolute Gasteiger partial charge is 0.231 e. The van der Waals surface area contributed by atoms with Crippen LogP contribution in [-0.2, 0) is 19.4 Å². The Balaban J connectivity index is 1.36. The van der Waals surface area contributed by atoms with Crippen molar-refractivity contribution in [1.82, 2.24) is 15.0 Å². The summed E-state index contributed by atoms with van der Waals surface area (Å²) in [7, 11) is 0. The third-order valence-electron chi connectivity index (χ3n) is 6.04. The van der Waals surface area contributed by atoms with Gasteiger partial charge in [0.2, 0.25) is 17.8 Å². The van der Waals surface area contributed by atoms with Gasteiger partial charge in [-0.2, -0.15) is 15.0 Å². The molecule has 0 atom stereocenters. The summed E-state index contributed by atoms with van der Waals surface area (Å²) >= 11 is 0. The number of nitrogens with one attached hydrogen (secondary N) is 2. The fraction of sp³-hybridized carbons (Fsp3) is 0.375. The molecule has 2 heterocycles. The molecule has 6 nitrogen and oxygen atoms in total. The van der Waals surface area contributed by atoms with Gasteiger partial charge in [0.05, 0.1) is 0 Å². The summed E-state index contributed by atoms with van der Waals surface area (Å²) in [6, 6.07) is 15.6. The number of halogens is 1. The molecule has 5 rings (SSSR count). The van der Waals surface area contributed by atoms with E-state index in [0.717, 1.165) is 38.8 Å². The fourth-order valence-electron chi connectivity index (χ4n) is 4.40. The first-order valence-electron chi connectivity index (χ1n) is 11.1. The van der Waals surface area contributed by atoms with Gasteiger partial charge in [-0.05, 0) is 49.3 Å². The van der Waals surface area contributed by atoms with Gasteiger partial charge in [-0.3, -0.25) is 0 Å². The molecule has 160 valence electrons. The molecule has 7 heteroatoms. The molecular weight excluding hydrogens is 391 g/mol. The third kappa shape index (κ3) is 4.60. The monoisotopic (exact) mass is 418 g/mol. The Labute approximate surface area is 182 Å². The van der Waals surface area contributed by atoms with E-state index in [4.69, 9.17) is 4.98 Å². The summed E-state index contributed by atoms with van der Waals surface area (Å²) in [4.78, 5) is 16.2. The van der Waals surface area contributed by atoms with Crippen LogP contribution in [0.5, 0.6) is 0 Å². The van der Waals surface area contributed by atoms with E-state index in [2.05, 4.69) is 49.8 Å². The van der Waals surface area contributed by atoms with Crippen molar-refractivity contribution in [2.24, 2.45) is 0 Å². The number of rotatable bonds is 6. The topological polar surface area (TPSA) is 66.0 Å². The molecule has 1 fully saturated rings. The summed E-state index contributed by atoms with van der Waals surface area (Å²) < 4.78 is 14.0. The van der Waals surface area contributed by atoms with Gasteiger partial charge in [0, 0.05) is 31.2 Å². The van der Waals surface area contributed by atoms with E-state index in [1.165, 1.54) is 23.6 Å². The number of hydrogen-bond donors (Lipinski definition) is 2. The first-order chi connectivity index (χ1) is 15.2. The maximum atomic E-state index is 14.0. The van der Waals surface area contributed by atoms with E-state index < -0.39 is 0 Å². The highest BCUT2D eigenvalue weighted by Gasteiger charge is 2.23. The molecule has 1 saturated heterocycles. The minimum atomic E-state index is -0.234. The van der Waals surface area contributed by atoms with Crippen LogP contribution in [0, 0.1) is 5.82 Å². The molecule has 2 aromatic carbocycles. The second kappa shape index (κ2) is 8.88. The molecule has 2 aliphatic rings. The van der Waals surface area contributed by atoms with Gasteiger partial charge in [-0.1, -0.05) is 42.5 Å². The molecule has 31 heavy (non-hydrogen) atoms. The molecule has 3 aromatic rings. The van der Waals surface area contributed by atoms with E-state index in [-0.39, 0.29) is 11.9 Å². The summed E-state index contributed by atoms with van der Waals surface area (Å²) in [5, 5.41) is 6.71. The van der Waals surface area contributed by atoms with Crippen LogP contribution in [0.25, 0.3) is 0 Å². The van der Waals surface area contributed by atoms with Crippen LogP contribution in [0.3, 0.4) is 0 Å². The van der Waals surface area contributed by atoms with Crippen LogP contribution in [0.15, 0.2) is 48.5 Å². The van der Waals surface area contributed by atoms with E-state index in [0.29, 0.717) is 30.0 Å². The van der Waals surface area contributed by atoms with Gasteiger partial charge in [0.1, 0.15) is 5.82 Å². The molecule has 0 bridgehead atoms. The van der Waals surface area contributed by atoms with Gasteiger partial charge >= 0.3 is 0 Å². The van der Waals surface area contributed by atoms with Crippen molar-refractivity contribution in [2.45, 2.75) is 44.7 Å². The van der Waals surface area contributed by atoms with E-state index in [1.807, 2.05) is 6.07 Å². The van der Waals surface area contributed by atoms with Crippen molar-refractivity contribution in [3.05, 3.63) is 71.0 Å². The zero-order valence-electron chi connectivity index (χ0n) is 17.5. The van der Waals surface area contributed by atoms with Gasteiger partial charge in [-0.25, -0.2) is 4.39 Å². The van der Waals surface area contributed by atoms with Gasteiger partial charge in [0.25, 0.3) is 0 Å². The largest absolute Gasteiger partial charge is 0.351 e. The van der Waals surface area contributed by atoms with Crippen molar-refractivity contribution in [1.29, 1.82) is 0 Å². The minimum absolute atomic E-state index is 0.234. The SMILES string of the molecule is Fc1ccccc1CNc1nc(NC2Cc3ccccc3C2)nc(N2CCCCC2)n1. The number of nitrogens with zero attached hydrogens (tertiary/aromatic N) is 4. The Morgan fingerprint density at radius 2 is 1.52 bits per heavy atom. The Hall–Kier alpha value is -3.22. The van der Waals surface area contributed by atoms with E-state index in [9.17, 15) is 4.39 Å². The normalized spacial score (nSPS) is 16.2. The van der Waals surface area contributed by atoms with Crippen LogP contribution in [0.2, 0.25) is 0 Å². The fourth-order valence-corrected chi connectivity index (χ4v) is 4.40. The average Bonchev–Trinajstić information content (AvgIpc) is 3.21. The Morgan fingerprint density at radius 1 is 0.839 bits per heavy atom. The zero-order valence-corrected chi connectivity index (χ0v) is 17.5. The highest BCUT2D eigenvalue weighted by atomic mass is 19.1. The van der Waals surface area contributed by atoms with Crippen LogP contribution in [0.4, 0.5) is 22.2 Å². The summed E-state index contributed by atoms with van der Waals surface area (Å²) in [6.07, 6.45) is 5.44. The second-order valence-electron chi connectivity index (χ2n) is 8.29. The quantitative estimate of drug-likeness (QED) is 0.626. The van der Waals surface area contributed by atoms with Gasteiger partial charge in [0.15, 0.2) is 0 Å². The lowest BCUT2D eigenvalue weighted by molar-refractivity contribution is 0.567. The molecule has 0 unspecified atom stereocenters. The van der Waals surface area contributed by atoms with Gasteiger partial charge < -0.3 is 15.5 Å². The van der Waals surface area contributed by atoms with Crippen molar-refractivity contribution >= 4 is 17.8 Å². The summed E-state index contributed by atoms with van der Waals surface area (Å²) in [6.45, 7) is 2.22. The third-order valence-corrected chi connectivity index (χ3v) is 6.04. The van der Waals surface area contributed by atoms with Crippen LogP contribution in [-0.4, -0.2) is 34.1 Å². The predicted molar refractivity (Wildman–Crippen MR) is 121 cm³/mol. The first kappa shape index (κ1) is 19.7. The lowest BCUT2D eigenvalue weighted by Gasteiger charge is -2.27. The van der Waals surface area contributed by atoms with Crippen LogP contribution >= 0.6 is 0 Å². The van der Waals surface area contributed by atoms with Crippen molar-refractivity contribution in [3.8, 4) is 0 Å². The standard InChI is InChI=1S/C24H27FN6/c25-21-11-5-4-10-19(21)16-26-22-28-23(30-24(29-22)31-12-6-1-7-13-31)27-20-14-17-8-2-3-9-18(17)15-20/h2-5,8-11,20H,1,6-7,12-16H2,(H2,26,27,28,29,30). The molecular formula is C24H27FN6. The van der Waals surface area contributed by atoms with Crippen molar-refractivity contribution < 1.29 is 4.39 Å². The Morgan fingerprint density at radius 3 is 2.26 bits per heavy atom. The highest BCUT2D eigenvalue weighted by molar-refractivity contribution is 5.46. The second-order valence-corrected chi connectivity index (χ2v) is 8.29. The molecule has 2 N–H and O–H groups in total. The summed E-state index contributed by atoms with van der Waals surface area (Å²) in [5.41, 5.74) is 3.34. The first-order valence-corrected chi connectivity index (χ1v) is 11.1. The van der Waals surface area contributed by atoms with Crippen LogP contribution < -0.4 is 15.5 Å². The Kier molecular flexibility index (Phi) is 5.65. The maximum Gasteiger partial charge on any atom is 0.231 e. The lowest BCUT2D eigenvalue weighted by Crippen LogP contribution is -2.32. The molecule has 0 radical (unpaired) electrons. The Bertz CT molecular complexity index is 1020. The van der Waals surface area contributed by atoms with Gasteiger partial charge in [-0.15, -0.1) is 0 Å². The summed E-state index contributed by atoms with van der Waals surface area (Å²) in [5.74, 6) is 1.49. The predicted octanol–water partition coefficient (Wildman–Crippen LogP) is 4.19. The van der Waals surface area contributed by atoms with E-state index >= 15 is 0 Å².